The smallest absolute Gasteiger partial charge is 0.319 e. The van der Waals surface area contributed by atoms with Crippen molar-refractivity contribution in [1.29, 1.82) is 0 Å². The number of urea groups is 1. The molecule has 100 valence electrons. The average molecular weight is 252 g/mol. The zero-order valence-electron chi connectivity index (χ0n) is 10.8. The van der Waals surface area contributed by atoms with Crippen LogP contribution in [0.4, 0.5) is 10.5 Å². The number of anilines is 1. The second kappa shape index (κ2) is 7.60. The number of nitrogens with one attached hydrogen (secondary N) is 2. The highest BCUT2D eigenvalue weighted by molar-refractivity contribution is 5.88. The van der Waals surface area contributed by atoms with Gasteiger partial charge < -0.3 is 15.7 Å². The van der Waals surface area contributed by atoms with E-state index in [1.807, 2.05) is 13.8 Å². The third kappa shape index (κ3) is 5.09. The summed E-state index contributed by atoms with van der Waals surface area (Å²) in [4.78, 5) is 19.8. The zero-order chi connectivity index (χ0) is 13.4. The van der Waals surface area contributed by atoms with Crippen molar-refractivity contribution >= 4 is 11.7 Å². The fourth-order valence-corrected chi connectivity index (χ4v) is 1.46. The molecule has 1 heterocycles. The quantitative estimate of drug-likeness (QED) is 0.712. The molecule has 18 heavy (non-hydrogen) atoms. The lowest BCUT2D eigenvalue weighted by molar-refractivity contribution is 0.245. The molecule has 6 nitrogen and oxygen atoms in total. The molecule has 0 spiro atoms. The summed E-state index contributed by atoms with van der Waals surface area (Å²) in [6.07, 6.45) is 5.36. The van der Waals surface area contributed by atoms with E-state index in [0.717, 1.165) is 18.7 Å². The Morgan fingerprint density at radius 1 is 1.44 bits per heavy atom. The van der Waals surface area contributed by atoms with Crippen LogP contribution in [-0.2, 0) is 6.42 Å². The number of nitrogens with zero attached hydrogens (tertiary/aromatic N) is 2. The summed E-state index contributed by atoms with van der Waals surface area (Å²) in [6.45, 7) is 4.00. The molecule has 0 aromatic carbocycles. The normalized spacial score (nSPS) is 11.9. The minimum atomic E-state index is -0.284. The number of aromatic nitrogens is 2. The third-order valence-electron chi connectivity index (χ3n) is 2.45. The summed E-state index contributed by atoms with van der Waals surface area (Å²) < 4.78 is 0. The Hall–Kier alpha value is -1.69. The number of amides is 2. The second-order valence-corrected chi connectivity index (χ2v) is 4.11. The van der Waals surface area contributed by atoms with Crippen molar-refractivity contribution in [3.63, 3.8) is 0 Å². The average Bonchev–Trinajstić information content (AvgIpc) is 2.37. The molecule has 0 aliphatic rings. The van der Waals surface area contributed by atoms with Crippen molar-refractivity contribution in [2.24, 2.45) is 0 Å². The summed E-state index contributed by atoms with van der Waals surface area (Å²) >= 11 is 0. The molecule has 3 N–H and O–H groups in total. The van der Waals surface area contributed by atoms with Crippen LogP contribution in [0.2, 0.25) is 0 Å². The van der Waals surface area contributed by atoms with Crippen LogP contribution < -0.4 is 10.6 Å². The Morgan fingerprint density at radius 2 is 2.11 bits per heavy atom. The van der Waals surface area contributed by atoms with Crippen LogP contribution in [0.5, 0.6) is 0 Å². The lowest BCUT2D eigenvalue weighted by Gasteiger charge is -2.13. The van der Waals surface area contributed by atoms with Gasteiger partial charge in [-0.25, -0.2) is 14.8 Å². The molecule has 0 aliphatic heterocycles. The number of aliphatic hydroxyl groups excluding tert-OH is 1. The molecule has 6 heteroatoms. The van der Waals surface area contributed by atoms with Crippen molar-refractivity contribution in [2.75, 3.05) is 11.9 Å². The topological polar surface area (TPSA) is 87.1 Å². The SMILES string of the molecule is CCc1ncc(NC(=O)NC(C)CCCO)cn1. The van der Waals surface area contributed by atoms with Gasteiger partial charge in [0.15, 0.2) is 0 Å². The fourth-order valence-electron chi connectivity index (χ4n) is 1.46. The number of hydrogen-bond acceptors (Lipinski definition) is 4. The third-order valence-corrected chi connectivity index (χ3v) is 2.45. The number of carbonyl (C=O) groups is 1. The van der Waals surface area contributed by atoms with Gasteiger partial charge in [-0.3, -0.25) is 0 Å². The molecule has 2 amide bonds. The van der Waals surface area contributed by atoms with E-state index in [0.29, 0.717) is 12.1 Å². The molecule has 1 atom stereocenters. The molecule has 0 saturated carbocycles. The van der Waals surface area contributed by atoms with Crippen LogP contribution in [0, 0.1) is 0 Å². The lowest BCUT2D eigenvalue weighted by atomic mass is 10.2. The number of aliphatic hydroxyl groups is 1. The van der Waals surface area contributed by atoms with E-state index in [9.17, 15) is 4.79 Å². The Kier molecular flexibility index (Phi) is 6.07. The zero-order valence-corrected chi connectivity index (χ0v) is 10.8. The molecule has 0 radical (unpaired) electrons. The van der Waals surface area contributed by atoms with Gasteiger partial charge in [0.05, 0.1) is 18.1 Å². The Morgan fingerprint density at radius 3 is 2.67 bits per heavy atom. The van der Waals surface area contributed by atoms with Gasteiger partial charge in [-0.05, 0) is 19.8 Å². The predicted octanol–water partition coefficient (Wildman–Crippen LogP) is 1.32. The molecule has 0 bridgehead atoms. The van der Waals surface area contributed by atoms with Gasteiger partial charge in [0.25, 0.3) is 0 Å². The molecule has 1 unspecified atom stereocenters. The highest BCUT2D eigenvalue weighted by Gasteiger charge is 2.07. The first-order chi connectivity index (χ1) is 8.65. The summed E-state index contributed by atoms with van der Waals surface area (Å²) in [5.74, 6) is 0.747. The molecule has 0 aliphatic carbocycles. The van der Waals surface area contributed by atoms with E-state index >= 15 is 0 Å². The van der Waals surface area contributed by atoms with E-state index in [1.54, 1.807) is 12.4 Å². The maximum absolute atomic E-state index is 11.6. The van der Waals surface area contributed by atoms with Gasteiger partial charge in [0.1, 0.15) is 5.82 Å². The minimum Gasteiger partial charge on any atom is -0.396 e. The van der Waals surface area contributed by atoms with Gasteiger partial charge in [-0.2, -0.15) is 0 Å². The van der Waals surface area contributed by atoms with Gasteiger partial charge >= 0.3 is 6.03 Å². The number of aryl methyl sites for hydroxylation is 1. The van der Waals surface area contributed by atoms with Crippen LogP contribution in [0.3, 0.4) is 0 Å². The standard InChI is InChI=1S/C12H20N4O2/c1-3-11-13-7-10(8-14-11)16-12(18)15-9(2)5-4-6-17/h7-9,17H,3-6H2,1-2H3,(H2,15,16,18). The van der Waals surface area contributed by atoms with Gasteiger partial charge in [0, 0.05) is 19.1 Å². The highest BCUT2D eigenvalue weighted by Crippen LogP contribution is 2.03. The molecule has 1 aromatic heterocycles. The monoisotopic (exact) mass is 252 g/mol. The number of hydrogen-bond donors (Lipinski definition) is 3. The van der Waals surface area contributed by atoms with Gasteiger partial charge in [-0.1, -0.05) is 6.92 Å². The Balaban J connectivity index is 2.39. The molecule has 0 fully saturated rings. The van der Waals surface area contributed by atoms with Crippen molar-refractivity contribution in [3.8, 4) is 0 Å². The largest absolute Gasteiger partial charge is 0.396 e. The minimum absolute atomic E-state index is 0.0213. The molecule has 1 rings (SSSR count). The fraction of sp³-hybridized carbons (Fsp3) is 0.583. The number of rotatable bonds is 6. The van der Waals surface area contributed by atoms with E-state index in [-0.39, 0.29) is 18.7 Å². The highest BCUT2D eigenvalue weighted by atomic mass is 16.3. The van der Waals surface area contributed by atoms with E-state index in [1.165, 1.54) is 0 Å². The summed E-state index contributed by atoms with van der Waals surface area (Å²) in [7, 11) is 0. The van der Waals surface area contributed by atoms with E-state index in [4.69, 9.17) is 5.11 Å². The Bertz CT molecular complexity index is 367. The van der Waals surface area contributed by atoms with Crippen molar-refractivity contribution in [2.45, 2.75) is 39.2 Å². The summed E-state index contributed by atoms with van der Waals surface area (Å²) in [6, 6.07) is -0.263. The van der Waals surface area contributed by atoms with Crippen molar-refractivity contribution < 1.29 is 9.90 Å². The Labute approximate surface area is 107 Å². The van der Waals surface area contributed by atoms with E-state index in [2.05, 4.69) is 20.6 Å². The molecular formula is C12H20N4O2. The van der Waals surface area contributed by atoms with Crippen molar-refractivity contribution in [3.05, 3.63) is 18.2 Å². The first kappa shape index (κ1) is 14.4. The summed E-state index contributed by atoms with van der Waals surface area (Å²) in [5, 5.41) is 14.1. The lowest BCUT2D eigenvalue weighted by Crippen LogP contribution is -2.36. The second-order valence-electron chi connectivity index (χ2n) is 4.11. The van der Waals surface area contributed by atoms with Crippen LogP contribution in [0.25, 0.3) is 0 Å². The van der Waals surface area contributed by atoms with Crippen LogP contribution in [0.1, 0.15) is 32.5 Å². The van der Waals surface area contributed by atoms with Gasteiger partial charge in [0.2, 0.25) is 0 Å². The maximum atomic E-state index is 11.6. The first-order valence-electron chi connectivity index (χ1n) is 6.15. The predicted molar refractivity (Wildman–Crippen MR) is 69.3 cm³/mol. The van der Waals surface area contributed by atoms with E-state index < -0.39 is 0 Å². The number of carbonyl (C=O) groups excluding carboxylic acids is 1. The molecular weight excluding hydrogens is 232 g/mol. The van der Waals surface area contributed by atoms with Gasteiger partial charge in [-0.15, -0.1) is 0 Å². The van der Waals surface area contributed by atoms with Crippen LogP contribution in [-0.4, -0.2) is 33.8 Å². The first-order valence-corrected chi connectivity index (χ1v) is 6.15. The molecule has 1 aromatic rings. The van der Waals surface area contributed by atoms with Crippen LogP contribution >= 0.6 is 0 Å². The molecule has 0 saturated heterocycles. The summed E-state index contributed by atoms with van der Waals surface area (Å²) in [5.41, 5.74) is 0.569. The maximum Gasteiger partial charge on any atom is 0.319 e. The van der Waals surface area contributed by atoms with Crippen molar-refractivity contribution in [1.82, 2.24) is 15.3 Å². The van der Waals surface area contributed by atoms with Crippen LogP contribution in [0.15, 0.2) is 12.4 Å².